The van der Waals surface area contributed by atoms with E-state index in [1.807, 2.05) is 12.1 Å². The topological polar surface area (TPSA) is 52.8 Å². The predicted octanol–water partition coefficient (Wildman–Crippen LogP) is 2.40. The minimum absolute atomic E-state index is 0.672. The average Bonchev–Trinajstić information content (AvgIpc) is 2.47. The lowest BCUT2D eigenvalue weighted by Crippen LogP contribution is -2.24. The van der Waals surface area contributed by atoms with Gasteiger partial charge < -0.3 is 4.90 Å². The summed E-state index contributed by atoms with van der Waals surface area (Å²) in [5.74, 6) is 0. The highest BCUT2D eigenvalue weighted by Crippen LogP contribution is 2.32. The van der Waals surface area contributed by atoms with Gasteiger partial charge >= 0.3 is 0 Å². The van der Waals surface area contributed by atoms with Crippen LogP contribution in [-0.4, -0.2) is 23.6 Å². The maximum Gasteiger partial charge on any atom is 0.116 e. The second-order valence-corrected chi connectivity index (χ2v) is 4.76. The van der Waals surface area contributed by atoms with Crippen LogP contribution in [0, 0.1) is 11.3 Å². The Kier molecular flexibility index (Phi) is 2.88. The zero-order chi connectivity index (χ0) is 13.2. The monoisotopic (exact) mass is 250 g/mol. The number of nitriles is 1. The van der Waals surface area contributed by atoms with Crippen LogP contribution in [0.1, 0.15) is 17.5 Å². The molecule has 0 bridgehead atoms. The Hall–Kier alpha value is -2.41. The van der Waals surface area contributed by atoms with Crippen LogP contribution < -0.4 is 4.90 Å². The van der Waals surface area contributed by atoms with Crippen molar-refractivity contribution in [3.8, 4) is 17.3 Å². The fraction of sp³-hybridized carbons (Fsp3) is 0.267. The second-order valence-electron chi connectivity index (χ2n) is 4.76. The molecule has 0 atom stereocenters. The number of anilines is 1. The van der Waals surface area contributed by atoms with Crippen LogP contribution in [0.5, 0.6) is 0 Å². The van der Waals surface area contributed by atoms with Gasteiger partial charge in [-0.2, -0.15) is 5.26 Å². The number of benzene rings is 1. The molecule has 0 N–H and O–H groups in total. The van der Waals surface area contributed by atoms with Crippen LogP contribution in [0.3, 0.4) is 0 Å². The summed E-state index contributed by atoms with van der Waals surface area (Å²) in [4.78, 5) is 10.4. The third-order valence-corrected chi connectivity index (χ3v) is 3.55. The molecule has 0 amide bonds. The van der Waals surface area contributed by atoms with Crippen molar-refractivity contribution in [3.05, 3.63) is 41.9 Å². The third kappa shape index (κ3) is 2.04. The molecule has 1 aromatic heterocycles. The first-order chi connectivity index (χ1) is 9.29. The van der Waals surface area contributed by atoms with Crippen LogP contribution in [0.2, 0.25) is 0 Å². The summed E-state index contributed by atoms with van der Waals surface area (Å²) >= 11 is 0. The molecule has 94 valence electrons. The van der Waals surface area contributed by atoms with E-state index in [-0.39, 0.29) is 0 Å². The molecule has 0 spiro atoms. The Balaban J connectivity index is 2.18. The van der Waals surface area contributed by atoms with Gasteiger partial charge in [-0.3, -0.25) is 0 Å². The maximum atomic E-state index is 9.36. The van der Waals surface area contributed by atoms with E-state index in [0.717, 1.165) is 30.6 Å². The quantitative estimate of drug-likeness (QED) is 0.779. The molecule has 4 nitrogen and oxygen atoms in total. The molecular weight excluding hydrogens is 236 g/mol. The lowest BCUT2D eigenvalue weighted by Gasteiger charge is -2.28. The van der Waals surface area contributed by atoms with E-state index in [4.69, 9.17) is 0 Å². The van der Waals surface area contributed by atoms with Crippen molar-refractivity contribution in [2.45, 2.75) is 12.8 Å². The van der Waals surface area contributed by atoms with E-state index >= 15 is 0 Å². The minimum atomic E-state index is 0.672. The van der Waals surface area contributed by atoms with Crippen molar-refractivity contribution in [2.24, 2.45) is 0 Å². The Labute approximate surface area is 112 Å². The molecule has 0 fully saturated rings. The Morgan fingerprint density at radius 1 is 1.37 bits per heavy atom. The van der Waals surface area contributed by atoms with Gasteiger partial charge in [-0.05, 0) is 36.6 Å². The van der Waals surface area contributed by atoms with Crippen LogP contribution in [0.4, 0.5) is 5.69 Å². The van der Waals surface area contributed by atoms with E-state index in [0.29, 0.717) is 5.56 Å². The molecule has 3 rings (SSSR count). The van der Waals surface area contributed by atoms with Gasteiger partial charge in [0.05, 0.1) is 17.3 Å². The van der Waals surface area contributed by atoms with Crippen molar-refractivity contribution < 1.29 is 0 Å². The molecule has 1 aliphatic heterocycles. The van der Waals surface area contributed by atoms with E-state index < -0.39 is 0 Å². The summed E-state index contributed by atoms with van der Waals surface area (Å²) in [6.07, 6.45) is 5.43. The lowest BCUT2D eigenvalue weighted by atomic mass is 9.94. The lowest BCUT2D eigenvalue weighted by molar-refractivity contribution is 0.744. The van der Waals surface area contributed by atoms with E-state index in [2.05, 4.69) is 34.1 Å². The van der Waals surface area contributed by atoms with Gasteiger partial charge in [-0.25, -0.2) is 9.97 Å². The molecule has 0 unspecified atom stereocenters. The molecule has 2 heterocycles. The fourth-order valence-corrected chi connectivity index (χ4v) is 2.57. The maximum absolute atomic E-state index is 9.36. The molecule has 4 heteroatoms. The Bertz CT molecular complexity index is 643. The van der Waals surface area contributed by atoms with Gasteiger partial charge in [-0.1, -0.05) is 0 Å². The first kappa shape index (κ1) is 11.7. The highest BCUT2D eigenvalue weighted by molar-refractivity contribution is 5.74. The van der Waals surface area contributed by atoms with Gasteiger partial charge in [0, 0.05) is 31.0 Å². The summed E-state index contributed by atoms with van der Waals surface area (Å²) in [5, 5.41) is 9.36. The minimum Gasteiger partial charge on any atom is -0.374 e. The number of aryl methyl sites for hydroxylation is 1. The molecule has 2 aromatic rings. The molecule has 1 aromatic carbocycles. The van der Waals surface area contributed by atoms with Crippen molar-refractivity contribution in [1.29, 1.82) is 5.26 Å². The van der Waals surface area contributed by atoms with Crippen molar-refractivity contribution >= 4 is 5.69 Å². The smallest absolute Gasteiger partial charge is 0.116 e. The Morgan fingerprint density at radius 3 is 3.00 bits per heavy atom. The predicted molar refractivity (Wildman–Crippen MR) is 73.8 cm³/mol. The molecule has 0 saturated carbocycles. The average molecular weight is 250 g/mol. The van der Waals surface area contributed by atoms with E-state index in [9.17, 15) is 5.26 Å². The van der Waals surface area contributed by atoms with E-state index in [1.54, 1.807) is 6.20 Å². The third-order valence-electron chi connectivity index (χ3n) is 3.55. The summed E-state index contributed by atoms with van der Waals surface area (Å²) < 4.78 is 0. The highest BCUT2D eigenvalue weighted by atomic mass is 15.1. The molecule has 0 radical (unpaired) electrons. The number of aromatic nitrogens is 2. The number of rotatable bonds is 1. The van der Waals surface area contributed by atoms with Crippen LogP contribution in [-0.2, 0) is 6.42 Å². The van der Waals surface area contributed by atoms with Gasteiger partial charge in [0.1, 0.15) is 6.33 Å². The van der Waals surface area contributed by atoms with Crippen molar-refractivity contribution in [1.82, 2.24) is 9.97 Å². The molecular formula is C15H14N4. The summed E-state index contributed by atoms with van der Waals surface area (Å²) in [5.41, 5.74) is 4.84. The molecule has 0 aliphatic carbocycles. The number of hydrogen-bond acceptors (Lipinski definition) is 4. The van der Waals surface area contributed by atoms with E-state index in [1.165, 1.54) is 17.6 Å². The first-order valence-electron chi connectivity index (χ1n) is 6.34. The van der Waals surface area contributed by atoms with Gasteiger partial charge in [0.2, 0.25) is 0 Å². The standard InChI is InChI=1S/C15H14N4/c1-19-6-2-3-11-7-13(12(9-16)8-15(11)19)14-4-5-17-10-18-14/h4-5,7-8,10H,2-3,6H2,1H3. The van der Waals surface area contributed by atoms with Crippen LogP contribution in [0.25, 0.3) is 11.3 Å². The zero-order valence-electron chi connectivity index (χ0n) is 10.8. The fourth-order valence-electron chi connectivity index (χ4n) is 2.57. The zero-order valence-corrected chi connectivity index (χ0v) is 10.8. The van der Waals surface area contributed by atoms with Crippen LogP contribution >= 0.6 is 0 Å². The molecule has 0 saturated heterocycles. The number of hydrogen-bond donors (Lipinski definition) is 0. The number of nitrogens with zero attached hydrogens (tertiary/aromatic N) is 4. The summed E-state index contributed by atoms with van der Waals surface area (Å²) in [6.45, 7) is 1.05. The molecule has 19 heavy (non-hydrogen) atoms. The van der Waals surface area contributed by atoms with Crippen LogP contribution in [0.15, 0.2) is 30.7 Å². The normalized spacial score (nSPS) is 13.8. The first-order valence-corrected chi connectivity index (χ1v) is 6.34. The highest BCUT2D eigenvalue weighted by Gasteiger charge is 2.17. The largest absolute Gasteiger partial charge is 0.374 e. The Morgan fingerprint density at radius 2 is 2.26 bits per heavy atom. The van der Waals surface area contributed by atoms with Crippen molar-refractivity contribution in [3.63, 3.8) is 0 Å². The van der Waals surface area contributed by atoms with Gasteiger partial charge in [0.15, 0.2) is 0 Å². The summed E-state index contributed by atoms with van der Waals surface area (Å²) in [6, 6.07) is 8.20. The second kappa shape index (κ2) is 4.69. The molecule has 1 aliphatic rings. The van der Waals surface area contributed by atoms with Gasteiger partial charge in [-0.15, -0.1) is 0 Å². The van der Waals surface area contributed by atoms with Gasteiger partial charge in [0.25, 0.3) is 0 Å². The van der Waals surface area contributed by atoms with Crippen molar-refractivity contribution in [2.75, 3.05) is 18.5 Å². The number of fused-ring (bicyclic) bond motifs is 1. The SMILES string of the molecule is CN1CCCc2cc(-c3ccncn3)c(C#N)cc21. The summed E-state index contributed by atoms with van der Waals surface area (Å²) in [7, 11) is 2.07.